The summed E-state index contributed by atoms with van der Waals surface area (Å²) in [6.07, 6.45) is 0. The summed E-state index contributed by atoms with van der Waals surface area (Å²) in [6, 6.07) is 23.9. The van der Waals surface area contributed by atoms with Gasteiger partial charge in [0.2, 0.25) is 5.91 Å². The van der Waals surface area contributed by atoms with E-state index in [1.807, 2.05) is 68.4 Å². The van der Waals surface area contributed by atoms with Crippen molar-refractivity contribution in [1.82, 2.24) is 0 Å². The lowest BCUT2D eigenvalue weighted by molar-refractivity contribution is -0.114. The summed E-state index contributed by atoms with van der Waals surface area (Å²) in [5.41, 5.74) is 2.61. The fourth-order valence-corrected chi connectivity index (χ4v) is 3.41. The minimum atomic E-state index is -0.232. The fourth-order valence-electron chi connectivity index (χ4n) is 3.41. The zero-order chi connectivity index (χ0) is 24.2. The van der Waals surface area contributed by atoms with Crippen molar-refractivity contribution >= 4 is 28.9 Å². The Morgan fingerprint density at radius 1 is 0.882 bits per heavy atom. The van der Waals surface area contributed by atoms with E-state index in [1.165, 1.54) is 0 Å². The first-order valence-electron chi connectivity index (χ1n) is 11.4. The third kappa shape index (κ3) is 7.08. The highest BCUT2D eigenvalue weighted by Gasteiger charge is 2.16. The molecular weight excluding hydrogens is 430 g/mol. The van der Waals surface area contributed by atoms with Gasteiger partial charge in [-0.2, -0.15) is 0 Å². The van der Waals surface area contributed by atoms with E-state index in [-0.39, 0.29) is 18.4 Å². The van der Waals surface area contributed by atoms with Crippen LogP contribution in [0.2, 0.25) is 0 Å². The van der Waals surface area contributed by atoms with Gasteiger partial charge in [0.25, 0.3) is 5.91 Å². The molecule has 0 aromatic heterocycles. The number of para-hydroxylation sites is 3. The predicted octanol–water partition coefficient (Wildman–Crippen LogP) is 4.82. The van der Waals surface area contributed by atoms with E-state index < -0.39 is 0 Å². The number of anilines is 3. The molecule has 0 spiro atoms. The van der Waals surface area contributed by atoms with Gasteiger partial charge in [-0.25, -0.2) is 0 Å². The third-order valence-corrected chi connectivity index (χ3v) is 5.04. The molecule has 178 valence electrons. The van der Waals surface area contributed by atoms with Gasteiger partial charge >= 0.3 is 0 Å². The number of nitrogens with one attached hydrogen (secondary N) is 2. The Morgan fingerprint density at radius 3 is 2.41 bits per heavy atom. The SMILES string of the molecule is CCOCCOc1ccccc1NCC(=O)Nc1cccc(C(=O)N(CC)c2ccccc2)c1. The zero-order valence-corrected chi connectivity index (χ0v) is 19.6. The number of nitrogens with zero attached hydrogens (tertiary/aromatic N) is 1. The molecule has 3 aromatic rings. The van der Waals surface area contributed by atoms with Crippen molar-refractivity contribution in [2.24, 2.45) is 0 Å². The molecule has 0 aliphatic rings. The summed E-state index contributed by atoms with van der Waals surface area (Å²) in [5.74, 6) is 0.299. The van der Waals surface area contributed by atoms with Gasteiger partial charge in [-0.15, -0.1) is 0 Å². The summed E-state index contributed by atoms with van der Waals surface area (Å²) in [7, 11) is 0. The molecule has 0 atom stereocenters. The second kappa shape index (κ2) is 13.0. The average molecular weight is 462 g/mol. The van der Waals surface area contributed by atoms with Crippen LogP contribution in [0.5, 0.6) is 5.75 Å². The van der Waals surface area contributed by atoms with Gasteiger partial charge in [0.1, 0.15) is 12.4 Å². The van der Waals surface area contributed by atoms with Crippen LogP contribution in [0.4, 0.5) is 17.1 Å². The Hall–Kier alpha value is -3.84. The number of carbonyl (C=O) groups excluding carboxylic acids is 2. The van der Waals surface area contributed by atoms with Crippen molar-refractivity contribution in [2.75, 3.05) is 48.4 Å². The minimum absolute atomic E-state index is 0.0507. The molecule has 7 heteroatoms. The lowest BCUT2D eigenvalue weighted by Crippen LogP contribution is -2.30. The number of rotatable bonds is 12. The van der Waals surface area contributed by atoms with Crippen LogP contribution in [0.25, 0.3) is 0 Å². The van der Waals surface area contributed by atoms with Crippen LogP contribution < -0.4 is 20.3 Å². The average Bonchev–Trinajstić information content (AvgIpc) is 2.87. The summed E-state index contributed by atoms with van der Waals surface area (Å²) >= 11 is 0. The molecule has 34 heavy (non-hydrogen) atoms. The molecule has 0 bridgehead atoms. The number of hydrogen-bond acceptors (Lipinski definition) is 5. The summed E-state index contributed by atoms with van der Waals surface area (Å²) in [5, 5.41) is 5.96. The van der Waals surface area contributed by atoms with Gasteiger partial charge in [-0.1, -0.05) is 36.4 Å². The highest BCUT2D eigenvalue weighted by atomic mass is 16.5. The Kier molecular flexibility index (Phi) is 9.49. The van der Waals surface area contributed by atoms with Crippen LogP contribution in [-0.2, 0) is 9.53 Å². The molecule has 2 N–H and O–H groups in total. The number of benzene rings is 3. The second-order valence-corrected chi connectivity index (χ2v) is 7.41. The standard InChI is InChI=1S/C27H31N3O4/c1-3-30(23-13-6-5-7-14-23)27(32)21-11-10-12-22(19-21)29-26(31)20-28-24-15-8-9-16-25(24)34-18-17-33-4-2/h5-16,19,28H,3-4,17-18,20H2,1-2H3,(H,29,31). The van der Waals surface area contributed by atoms with E-state index >= 15 is 0 Å². The Labute approximate surface area is 200 Å². The molecule has 3 aromatic carbocycles. The van der Waals surface area contributed by atoms with Gasteiger partial charge < -0.3 is 25.0 Å². The van der Waals surface area contributed by atoms with Gasteiger partial charge in [-0.05, 0) is 56.3 Å². The van der Waals surface area contributed by atoms with Gasteiger partial charge in [-0.3, -0.25) is 9.59 Å². The summed E-state index contributed by atoms with van der Waals surface area (Å²) in [4.78, 5) is 27.3. The molecule has 0 saturated heterocycles. The van der Waals surface area contributed by atoms with Crippen molar-refractivity contribution in [1.29, 1.82) is 0 Å². The molecule has 2 amide bonds. The first kappa shape index (κ1) is 24.8. The minimum Gasteiger partial charge on any atom is -0.489 e. The Balaban J connectivity index is 1.59. The van der Waals surface area contributed by atoms with Crippen molar-refractivity contribution < 1.29 is 19.1 Å². The fraction of sp³-hybridized carbons (Fsp3) is 0.259. The molecule has 7 nitrogen and oxygen atoms in total. The van der Waals surface area contributed by atoms with Gasteiger partial charge in [0, 0.05) is 30.1 Å². The predicted molar refractivity (Wildman–Crippen MR) is 136 cm³/mol. The van der Waals surface area contributed by atoms with Crippen molar-refractivity contribution in [2.45, 2.75) is 13.8 Å². The number of ether oxygens (including phenoxy) is 2. The first-order valence-corrected chi connectivity index (χ1v) is 11.4. The first-order chi connectivity index (χ1) is 16.6. The van der Waals surface area contributed by atoms with E-state index in [2.05, 4.69) is 10.6 Å². The van der Waals surface area contributed by atoms with Crippen LogP contribution in [0.15, 0.2) is 78.9 Å². The quantitative estimate of drug-likeness (QED) is 0.378. The number of hydrogen-bond donors (Lipinski definition) is 2. The van der Waals surface area contributed by atoms with E-state index in [4.69, 9.17) is 9.47 Å². The van der Waals surface area contributed by atoms with E-state index in [1.54, 1.807) is 29.2 Å². The second-order valence-electron chi connectivity index (χ2n) is 7.41. The molecule has 0 unspecified atom stereocenters. The number of amides is 2. The van der Waals surface area contributed by atoms with E-state index in [0.717, 1.165) is 11.4 Å². The number of carbonyl (C=O) groups is 2. The Morgan fingerprint density at radius 2 is 1.65 bits per heavy atom. The van der Waals surface area contributed by atoms with Gasteiger partial charge in [0.15, 0.2) is 0 Å². The van der Waals surface area contributed by atoms with Gasteiger partial charge in [0.05, 0.1) is 18.8 Å². The molecule has 0 heterocycles. The largest absolute Gasteiger partial charge is 0.489 e. The molecular formula is C27H31N3O4. The highest BCUT2D eigenvalue weighted by Crippen LogP contribution is 2.23. The maximum absolute atomic E-state index is 13.1. The smallest absolute Gasteiger partial charge is 0.258 e. The summed E-state index contributed by atoms with van der Waals surface area (Å²) in [6.45, 7) is 6.02. The monoisotopic (exact) mass is 461 g/mol. The molecule has 0 saturated carbocycles. The Bertz CT molecular complexity index is 1070. The molecule has 0 aliphatic carbocycles. The van der Waals surface area contributed by atoms with Crippen LogP contribution in [-0.4, -0.2) is 44.7 Å². The van der Waals surface area contributed by atoms with Crippen molar-refractivity contribution in [3.63, 3.8) is 0 Å². The van der Waals surface area contributed by atoms with Crippen LogP contribution in [0.3, 0.4) is 0 Å². The van der Waals surface area contributed by atoms with E-state index in [9.17, 15) is 9.59 Å². The van der Waals surface area contributed by atoms with E-state index in [0.29, 0.717) is 43.4 Å². The van der Waals surface area contributed by atoms with Crippen molar-refractivity contribution in [3.05, 3.63) is 84.4 Å². The zero-order valence-electron chi connectivity index (χ0n) is 19.6. The molecule has 3 rings (SSSR count). The van der Waals surface area contributed by atoms with Crippen LogP contribution >= 0.6 is 0 Å². The lowest BCUT2D eigenvalue weighted by Gasteiger charge is -2.21. The maximum Gasteiger partial charge on any atom is 0.258 e. The molecule has 0 aliphatic heterocycles. The van der Waals surface area contributed by atoms with Crippen LogP contribution in [0.1, 0.15) is 24.2 Å². The topological polar surface area (TPSA) is 79.9 Å². The lowest BCUT2D eigenvalue weighted by atomic mass is 10.1. The molecule has 0 fully saturated rings. The third-order valence-electron chi connectivity index (χ3n) is 5.04. The molecule has 0 radical (unpaired) electrons. The summed E-state index contributed by atoms with van der Waals surface area (Å²) < 4.78 is 11.0. The van der Waals surface area contributed by atoms with Crippen LogP contribution in [0, 0.1) is 0 Å². The maximum atomic E-state index is 13.1. The highest BCUT2D eigenvalue weighted by molar-refractivity contribution is 6.07. The van der Waals surface area contributed by atoms with Crippen molar-refractivity contribution in [3.8, 4) is 5.75 Å². The normalized spacial score (nSPS) is 10.4.